The van der Waals surface area contributed by atoms with Gasteiger partial charge in [0.25, 0.3) is 0 Å². The Morgan fingerprint density at radius 3 is 2.65 bits per heavy atom. The molecule has 0 spiro atoms. The average molecular weight is 233 g/mol. The summed E-state index contributed by atoms with van der Waals surface area (Å²) in [7, 11) is 0. The van der Waals surface area contributed by atoms with Crippen LogP contribution in [0.1, 0.15) is 23.0 Å². The number of rotatable bonds is 4. The molecule has 0 bridgehead atoms. The molecule has 0 radical (unpaired) electrons. The lowest BCUT2D eigenvalue weighted by Gasteiger charge is -2.01. The molecule has 0 atom stereocenters. The maximum Gasteiger partial charge on any atom is 0.399 e. The van der Waals surface area contributed by atoms with Crippen molar-refractivity contribution in [1.29, 1.82) is 0 Å². The molecule has 0 saturated heterocycles. The molecule has 0 aliphatic rings. The Morgan fingerprint density at radius 1 is 1.41 bits per heavy atom. The third kappa shape index (κ3) is 2.63. The molecule has 0 fully saturated rings. The first-order chi connectivity index (χ1) is 8.19. The lowest BCUT2D eigenvalue weighted by atomic mass is 10.2. The maximum atomic E-state index is 10.6. The van der Waals surface area contributed by atoms with Gasteiger partial charge in [-0.15, -0.1) is 0 Å². The predicted octanol–water partition coefficient (Wildman–Crippen LogP) is 2.73. The van der Waals surface area contributed by atoms with E-state index < -0.39 is 5.97 Å². The van der Waals surface area contributed by atoms with E-state index in [1.54, 1.807) is 12.1 Å². The van der Waals surface area contributed by atoms with E-state index in [9.17, 15) is 4.79 Å². The third-order valence-electron chi connectivity index (χ3n) is 2.24. The van der Waals surface area contributed by atoms with Crippen molar-refractivity contribution in [3.05, 3.63) is 41.8 Å². The highest BCUT2D eigenvalue weighted by Gasteiger charge is 2.11. The summed E-state index contributed by atoms with van der Waals surface area (Å²) in [5.74, 6) is -0.592. The number of aromatic nitrogens is 1. The van der Waals surface area contributed by atoms with E-state index in [1.807, 2.05) is 12.1 Å². The summed E-state index contributed by atoms with van der Waals surface area (Å²) in [6, 6.07) is 7.42. The van der Waals surface area contributed by atoms with Crippen LogP contribution in [0.15, 0.2) is 34.9 Å². The molecule has 0 aliphatic heterocycles. The van der Waals surface area contributed by atoms with Crippen molar-refractivity contribution >= 4 is 5.97 Å². The topological polar surface area (TPSA) is 72.6 Å². The van der Waals surface area contributed by atoms with E-state index in [-0.39, 0.29) is 11.8 Å². The molecule has 5 heteroatoms. The highest BCUT2D eigenvalue weighted by molar-refractivity contribution is 5.84. The second-order valence-corrected chi connectivity index (χ2v) is 3.40. The van der Waals surface area contributed by atoms with Gasteiger partial charge < -0.3 is 14.3 Å². The molecule has 1 aromatic heterocycles. The number of oxazole rings is 1. The van der Waals surface area contributed by atoms with Gasteiger partial charge in [0.2, 0.25) is 0 Å². The molecule has 2 aromatic rings. The van der Waals surface area contributed by atoms with Gasteiger partial charge >= 0.3 is 12.0 Å². The van der Waals surface area contributed by atoms with Gasteiger partial charge in [0, 0.05) is 0 Å². The van der Waals surface area contributed by atoms with Crippen molar-refractivity contribution in [2.75, 3.05) is 0 Å². The van der Waals surface area contributed by atoms with Crippen molar-refractivity contribution < 1.29 is 19.1 Å². The normalized spacial score (nSPS) is 10.2. The molecular weight excluding hydrogens is 222 g/mol. The third-order valence-corrected chi connectivity index (χ3v) is 2.24. The smallest absolute Gasteiger partial charge is 0.399 e. The minimum absolute atomic E-state index is 0.0772. The van der Waals surface area contributed by atoms with E-state index in [1.165, 1.54) is 5.56 Å². The van der Waals surface area contributed by atoms with E-state index in [4.69, 9.17) is 14.3 Å². The van der Waals surface area contributed by atoms with Gasteiger partial charge in [-0.2, -0.15) is 4.98 Å². The second kappa shape index (κ2) is 4.69. The van der Waals surface area contributed by atoms with Gasteiger partial charge in [0.15, 0.2) is 5.69 Å². The van der Waals surface area contributed by atoms with Gasteiger partial charge in [-0.1, -0.05) is 19.1 Å². The highest BCUT2D eigenvalue weighted by Crippen LogP contribution is 2.21. The monoisotopic (exact) mass is 233 g/mol. The summed E-state index contributed by atoms with van der Waals surface area (Å²) in [5.41, 5.74) is 1.01. The summed E-state index contributed by atoms with van der Waals surface area (Å²) in [4.78, 5) is 14.2. The fraction of sp³-hybridized carbons (Fsp3) is 0.167. The Hall–Kier alpha value is -2.30. The van der Waals surface area contributed by atoms with Crippen LogP contribution >= 0.6 is 0 Å². The van der Waals surface area contributed by atoms with E-state index in [2.05, 4.69) is 11.9 Å². The first-order valence-corrected chi connectivity index (χ1v) is 5.14. The Morgan fingerprint density at radius 2 is 2.12 bits per heavy atom. The number of ether oxygens (including phenoxy) is 1. The number of carbonyl (C=O) groups is 1. The molecular formula is C12H11NO4. The van der Waals surface area contributed by atoms with Gasteiger partial charge in [0.1, 0.15) is 12.0 Å². The van der Waals surface area contributed by atoms with Crippen LogP contribution in [-0.4, -0.2) is 16.1 Å². The molecule has 88 valence electrons. The zero-order valence-corrected chi connectivity index (χ0v) is 9.21. The lowest BCUT2D eigenvalue weighted by molar-refractivity contribution is 0.0690. The van der Waals surface area contributed by atoms with Gasteiger partial charge in [-0.25, -0.2) is 4.79 Å². The molecule has 0 unspecified atom stereocenters. The van der Waals surface area contributed by atoms with Gasteiger partial charge in [0.05, 0.1) is 0 Å². The van der Waals surface area contributed by atoms with Crippen LogP contribution in [0.5, 0.6) is 11.8 Å². The van der Waals surface area contributed by atoms with Crippen LogP contribution in [0.25, 0.3) is 0 Å². The fourth-order valence-electron chi connectivity index (χ4n) is 1.30. The Labute approximate surface area is 97.7 Å². The second-order valence-electron chi connectivity index (χ2n) is 3.40. The SMILES string of the molecule is CCc1ccc(Oc2nc(C(=O)O)co2)cc1. The van der Waals surface area contributed by atoms with E-state index in [0.717, 1.165) is 12.7 Å². The first kappa shape index (κ1) is 11.2. The molecule has 5 nitrogen and oxygen atoms in total. The van der Waals surface area contributed by atoms with Crippen molar-refractivity contribution in [2.24, 2.45) is 0 Å². The number of benzene rings is 1. The maximum absolute atomic E-state index is 10.6. The summed E-state index contributed by atoms with van der Waals surface area (Å²) in [5, 5.41) is 8.65. The van der Waals surface area contributed by atoms with Crippen LogP contribution in [0.2, 0.25) is 0 Å². The minimum Gasteiger partial charge on any atom is -0.476 e. The molecule has 0 saturated carbocycles. The number of carboxylic acids is 1. The number of nitrogens with zero attached hydrogens (tertiary/aromatic N) is 1. The summed E-state index contributed by atoms with van der Waals surface area (Å²) >= 11 is 0. The zero-order valence-electron chi connectivity index (χ0n) is 9.21. The Balaban J connectivity index is 2.11. The van der Waals surface area contributed by atoms with Gasteiger partial charge in [-0.3, -0.25) is 0 Å². The number of aromatic carboxylic acids is 1. The van der Waals surface area contributed by atoms with Crippen LogP contribution in [0.3, 0.4) is 0 Å². The minimum atomic E-state index is -1.15. The van der Waals surface area contributed by atoms with Crippen LogP contribution in [-0.2, 0) is 6.42 Å². The quantitative estimate of drug-likeness (QED) is 0.878. The Bertz CT molecular complexity index is 516. The summed E-state index contributed by atoms with van der Waals surface area (Å²) in [6.07, 6.45) is 1.91. The molecule has 0 amide bonds. The molecule has 2 rings (SSSR count). The molecule has 1 heterocycles. The summed E-state index contributed by atoms with van der Waals surface area (Å²) in [6.45, 7) is 2.06. The number of hydrogen-bond donors (Lipinski definition) is 1. The number of hydrogen-bond acceptors (Lipinski definition) is 4. The lowest BCUT2D eigenvalue weighted by Crippen LogP contribution is -1.95. The largest absolute Gasteiger partial charge is 0.476 e. The van der Waals surface area contributed by atoms with Crippen molar-refractivity contribution in [3.63, 3.8) is 0 Å². The van der Waals surface area contributed by atoms with Crippen LogP contribution in [0.4, 0.5) is 0 Å². The Kier molecular flexibility index (Phi) is 3.09. The molecule has 17 heavy (non-hydrogen) atoms. The highest BCUT2D eigenvalue weighted by atomic mass is 16.6. The fourth-order valence-corrected chi connectivity index (χ4v) is 1.30. The molecule has 1 aromatic carbocycles. The first-order valence-electron chi connectivity index (χ1n) is 5.14. The van der Waals surface area contributed by atoms with Crippen LogP contribution in [0, 0.1) is 0 Å². The van der Waals surface area contributed by atoms with E-state index in [0.29, 0.717) is 5.75 Å². The summed E-state index contributed by atoms with van der Waals surface area (Å²) < 4.78 is 10.1. The zero-order chi connectivity index (χ0) is 12.3. The predicted molar refractivity (Wildman–Crippen MR) is 59.4 cm³/mol. The van der Waals surface area contributed by atoms with Crippen LogP contribution < -0.4 is 4.74 Å². The molecule has 0 aliphatic carbocycles. The number of aryl methyl sites for hydroxylation is 1. The van der Waals surface area contributed by atoms with Gasteiger partial charge in [-0.05, 0) is 24.1 Å². The molecule has 1 N–H and O–H groups in total. The number of carboxylic acid groups (broad SMARTS) is 1. The average Bonchev–Trinajstić information content (AvgIpc) is 2.79. The standard InChI is InChI=1S/C12H11NO4/c1-2-8-3-5-9(6-4-8)17-12-13-10(7-16-12)11(14)15/h3-7H,2H2,1H3,(H,14,15). The van der Waals surface area contributed by atoms with Crippen molar-refractivity contribution in [3.8, 4) is 11.8 Å². The van der Waals surface area contributed by atoms with E-state index >= 15 is 0 Å². The van der Waals surface area contributed by atoms with Crippen molar-refractivity contribution in [1.82, 2.24) is 4.98 Å². The van der Waals surface area contributed by atoms with Crippen molar-refractivity contribution in [2.45, 2.75) is 13.3 Å².